The fourth-order valence-electron chi connectivity index (χ4n) is 0.823. The number of carbonyl (C=O) groups is 3. The molecule has 0 saturated carbocycles. The van der Waals surface area contributed by atoms with Crippen LogP contribution in [-0.4, -0.2) is 55.9 Å². The topological polar surface area (TPSA) is 90.5 Å². The summed E-state index contributed by atoms with van der Waals surface area (Å²) in [6.07, 6.45) is 0.0896. The number of hydrogen-bond donors (Lipinski definition) is 3. The van der Waals surface area contributed by atoms with E-state index in [1.807, 2.05) is 0 Å². The lowest BCUT2D eigenvalue weighted by molar-refractivity contribution is -0.119. The lowest BCUT2D eigenvalue weighted by Gasteiger charge is -2.12. The number of nitrogens with one attached hydrogen (secondary N) is 3. The van der Waals surface area contributed by atoms with Gasteiger partial charge in [-0.1, -0.05) is 0 Å². The highest BCUT2D eigenvalue weighted by Gasteiger charge is 2.06. The van der Waals surface area contributed by atoms with Crippen LogP contribution in [0.2, 0.25) is 0 Å². The highest BCUT2D eigenvalue weighted by molar-refractivity contribution is 6.19. The summed E-state index contributed by atoms with van der Waals surface area (Å²) in [5.74, 6) is -0.271. The molecule has 98 valence electrons. The summed E-state index contributed by atoms with van der Waals surface area (Å²) < 4.78 is 0. The Hall–Kier alpha value is -1.50. The standard InChI is InChI=1S/C9H17ClN4O3/c1-14(2)9(17)12-6-5-11-8(16)13-7(15)3-4-10/h3-6H2,1-2H3,(H,12,17)(H2,11,13,15,16). The Morgan fingerprint density at radius 2 is 1.71 bits per heavy atom. The number of carbonyl (C=O) groups excluding carboxylic acids is 3. The molecule has 0 aromatic rings. The fraction of sp³-hybridized carbons (Fsp3) is 0.667. The predicted molar refractivity (Wildman–Crippen MR) is 64.0 cm³/mol. The van der Waals surface area contributed by atoms with Crippen molar-refractivity contribution in [2.75, 3.05) is 33.1 Å². The van der Waals surface area contributed by atoms with Gasteiger partial charge >= 0.3 is 12.1 Å². The van der Waals surface area contributed by atoms with Gasteiger partial charge in [-0.05, 0) is 0 Å². The van der Waals surface area contributed by atoms with Gasteiger partial charge in [-0.15, -0.1) is 11.6 Å². The van der Waals surface area contributed by atoms with Gasteiger partial charge in [0.2, 0.25) is 5.91 Å². The molecular formula is C9H17ClN4O3. The first kappa shape index (κ1) is 15.5. The smallest absolute Gasteiger partial charge is 0.321 e. The monoisotopic (exact) mass is 264 g/mol. The molecule has 0 aliphatic carbocycles. The van der Waals surface area contributed by atoms with E-state index in [9.17, 15) is 14.4 Å². The Labute approximate surface area is 105 Å². The summed E-state index contributed by atoms with van der Waals surface area (Å²) in [5.41, 5.74) is 0. The number of alkyl halides is 1. The van der Waals surface area contributed by atoms with Gasteiger partial charge in [0.15, 0.2) is 0 Å². The molecule has 0 aliphatic rings. The summed E-state index contributed by atoms with van der Waals surface area (Å²) in [6, 6.07) is -0.843. The molecule has 0 fully saturated rings. The van der Waals surface area contributed by atoms with Crippen LogP contribution in [0.25, 0.3) is 0 Å². The molecule has 0 spiro atoms. The van der Waals surface area contributed by atoms with E-state index < -0.39 is 11.9 Å². The van der Waals surface area contributed by atoms with E-state index in [1.165, 1.54) is 4.90 Å². The molecule has 7 nitrogen and oxygen atoms in total. The van der Waals surface area contributed by atoms with Crippen LogP contribution in [0.15, 0.2) is 0 Å². The number of amides is 5. The van der Waals surface area contributed by atoms with Crippen LogP contribution < -0.4 is 16.0 Å². The molecule has 17 heavy (non-hydrogen) atoms. The lowest BCUT2D eigenvalue weighted by atomic mass is 10.4. The van der Waals surface area contributed by atoms with Crippen molar-refractivity contribution in [3.8, 4) is 0 Å². The van der Waals surface area contributed by atoms with Crippen molar-refractivity contribution in [2.24, 2.45) is 0 Å². The van der Waals surface area contributed by atoms with Crippen molar-refractivity contribution in [1.82, 2.24) is 20.9 Å². The predicted octanol–water partition coefficient (Wildman–Crippen LogP) is -0.288. The summed E-state index contributed by atoms with van der Waals surface area (Å²) >= 11 is 5.33. The number of nitrogens with zero attached hydrogens (tertiary/aromatic N) is 1. The Balaban J connectivity index is 3.58. The van der Waals surface area contributed by atoms with E-state index in [1.54, 1.807) is 14.1 Å². The van der Waals surface area contributed by atoms with Crippen LogP contribution in [0.5, 0.6) is 0 Å². The molecule has 3 N–H and O–H groups in total. The van der Waals surface area contributed by atoms with Gasteiger partial charge in [-0.3, -0.25) is 10.1 Å². The second-order valence-corrected chi connectivity index (χ2v) is 3.75. The van der Waals surface area contributed by atoms with Crippen molar-refractivity contribution >= 4 is 29.6 Å². The minimum Gasteiger partial charge on any atom is -0.336 e. The average molecular weight is 265 g/mol. The van der Waals surface area contributed by atoms with Gasteiger partial charge in [-0.25, -0.2) is 9.59 Å². The van der Waals surface area contributed by atoms with E-state index in [4.69, 9.17) is 11.6 Å². The first-order chi connectivity index (χ1) is 7.97. The third-order valence-corrected chi connectivity index (χ3v) is 1.86. The van der Waals surface area contributed by atoms with Crippen molar-refractivity contribution in [2.45, 2.75) is 6.42 Å². The van der Waals surface area contributed by atoms with Crippen molar-refractivity contribution in [1.29, 1.82) is 0 Å². The molecule has 0 heterocycles. The fourth-order valence-corrected chi connectivity index (χ4v) is 0.994. The molecule has 0 unspecified atom stereocenters. The molecule has 0 aromatic heterocycles. The Morgan fingerprint density at radius 1 is 1.12 bits per heavy atom. The molecule has 0 rings (SSSR count). The SMILES string of the molecule is CN(C)C(=O)NCCNC(=O)NC(=O)CCCl. The first-order valence-electron chi connectivity index (χ1n) is 5.06. The van der Waals surface area contributed by atoms with E-state index in [2.05, 4.69) is 16.0 Å². The quantitative estimate of drug-likeness (QED) is 0.471. The summed E-state index contributed by atoms with van der Waals surface area (Å²) in [5, 5.41) is 7.07. The van der Waals surface area contributed by atoms with E-state index in [0.717, 1.165) is 0 Å². The minimum absolute atomic E-state index is 0.0896. The molecule has 0 atom stereocenters. The number of hydrogen-bond acceptors (Lipinski definition) is 3. The number of halogens is 1. The highest BCUT2D eigenvalue weighted by Crippen LogP contribution is 1.83. The Bertz CT molecular complexity index is 283. The van der Waals surface area contributed by atoms with Crippen molar-refractivity contribution < 1.29 is 14.4 Å². The Kier molecular flexibility index (Phi) is 7.87. The zero-order chi connectivity index (χ0) is 13.3. The average Bonchev–Trinajstić information content (AvgIpc) is 2.24. The van der Waals surface area contributed by atoms with Gasteiger partial charge in [-0.2, -0.15) is 0 Å². The van der Waals surface area contributed by atoms with Crippen LogP contribution in [-0.2, 0) is 4.79 Å². The second kappa shape index (κ2) is 8.63. The van der Waals surface area contributed by atoms with Crippen molar-refractivity contribution in [3.63, 3.8) is 0 Å². The molecule has 0 aromatic carbocycles. The molecule has 0 bridgehead atoms. The van der Waals surface area contributed by atoms with Crippen molar-refractivity contribution in [3.05, 3.63) is 0 Å². The largest absolute Gasteiger partial charge is 0.336 e. The van der Waals surface area contributed by atoms with Crippen LogP contribution in [0.3, 0.4) is 0 Å². The third-order valence-electron chi connectivity index (χ3n) is 1.67. The molecule has 8 heteroatoms. The van der Waals surface area contributed by atoms with Gasteiger partial charge in [0.25, 0.3) is 0 Å². The van der Waals surface area contributed by atoms with Crippen LogP contribution in [0.1, 0.15) is 6.42 Å². The second-order valence-electron chi connectivity index (χ2n) is 3.37. The summed E-state index contributed by atoms with van der Waals surface area (Å²) in [4.78, 5) is 34.5. The molecule has 5 amide bonds. The minimum atomic E-state index is -0.598. The maximum Gasteiger partial charge on any atom is 0.321 e. The van der Waals surface area contributed by atoms with Crippen LogP contribution in [0, 0.1) is 0 Å². The first-order valence-corrected chi connectivity index (χ1v) is 5.59. The molecule has 0 saturated heterocycles. The molecule has 0 radical (unpaired) electrons. The maximum absolute atomic E-state index is 11.1. The Morgan fingerprint density at radius 3 is 2.24 bits per heavy atom. The van der Waals surface area contributed by atoms with Gasteiger partial charge < -0.3 is 15.5 Å². The highest BCUT2D eigenvalue weighted by atomic mass is 35.5. The van der Waals surface area contributed by atoms with E-state index >= 15 is 0 Å². The van der Waals surface area contributed by atoms with Crippen LogP contribution >= 0.6 is 11.6 Å². The maximum atomic E-state index is 11.1. The molecule has 0 aliphatic heterocycles. The third kappa shape index (κ3) is 8.32. The summed E-state index contributed by atoms with van der Waals surface area (Å²) in [7, 11) is 3.22. The lowest BCUT2D eigenvalue weighted by Crippen LogP contribution is -2.44. The number of rotatable bonds is 5. The normalized spacial score (nSPS) is 9.35. The number of urea groups is 2. The molecular weight excluding hydrogens is 248 g/mol. The number of imide groups is 1. The zero-order valence-corrected chi connectivity index (χ0v) is 10.6. The van der Waals surface area contributed by atoms with Gasteiger partial charge in [0.1, 0.15) is 0 Å². The van der Waals surface area contributed by atoms with Gasteiger partial charge in [0.05, 0.1) is 0 Å². The van der Waals surface area contributed by atoms with Crippen LogP contribution in [0.4, 0.5) is 9.59 Å². The van der Waals surface area contributed by atoms with E-state index in [0.29, 0.717) is 0 Å². The van der Waals surface area contributed by atoms with Gasteiger partial charge in [0, 0.05) is 39.5 Å². The summed E-state index contributed by atoms with van der Waals surface area (Å²) in [6.45, 7) is 0.522. The zero-order valence-electron chi connectivity index (χ0n) is 9.88. The van der Waals surface area contributed by atoms with E-state index in [-0.39, 0.29) is 31.4 Å².